The first-order valence-corrected chi connectivity index (χ1v) is 8.88. The Kier molecular flexibility index (Phi) is 7.70. The summed E-state index contributed by atoms with van der Waals surface area (Å²) in [5, 5.41) is 4.07. The van der Waals surface area contributed by atoms with Gasteiger partial charge in [-0.2, -0.15) is 0 Å². The molecule has 2 aromatic rings. The molecule has 0 fully saturated rings. The van der Waals surface area contributed by atoms with Crippen LogP contribution >= 0.6 is 23.2 Å². The second-order valence-electron chi connectivity index (χ2n) is 5.87. The number of carbonyl (C=O) groups excluding carboxylic acids is 2. The van der Waals surface area contributed by atoms with Gasteiger partial charge in [0, 0.05) is 11.8 Å². The molecule has 142 valence electrons. The van der Waals surface area contributed by atoms with Gasteiger partial charge in [0.2, 0.25) is 6.79 Å². The highest BCUT2D eigenvalue weighted by Crippen LogP contribution is 2.33. The summed E-state index contributed by atoms with van der Waals surface area (Å²) in [6.45, 7) is 3.10. The standard InChI is InChI=1S/C20H19Cl2NO4/c1-13(2)10-18(24)26-12-27-19(25)11-14-6-3-4-9-17(14)23-20-15(21)7-5-8-16(20)22/h3-10,23H,11-12H2,1-2H3. The van der Waals surface area contributed by atoms with Crippen molar-refractivity contribution < 1.29 is 19.1 Å². The number of rotatable bonds is 7. The molecular weight excluding hydrogens is 389 g/mol. The molecule has 2 aromatic carbocycles. The number of para-hydroxylation sites is 2. The van der Waals surface area contributed by atoms with Gasteiger partial charge in [-0.05, 0) is 37.6 Å². The van der Waals surface area contributed by atoms with Crippen molar-refractivity contribution in [1.82, 2.24) is 0 Å². The molecule has 0 saturated carbocycles. The molecule has 0 spiro atoms. The van der Waals surface area contributed by atoms with Gasteiger partial charge in [0.25, 0.3) is 0 Å². The van der Waals surface area contributed by atoms with E-state index in [0.717, 1.165) is 5.57 Å². The smallest absolute Gasteiger partial charge is 0.333 e. The van der Waals surface area contributed by atoms with Gasteiger partial charge < -0.3 is 14.8 Å². The number of allylic oxidation sites excluding steroid dienone is 1. The van der Waals surface area contributed by atoms with Crippen molar-refractivity contribution in [2.24, 2.45) is 0 Å². The Hall–Kier alpha value is -2.50. The van der Waals surface area contributed by atoms with Crippen LogP contribution in [-0.2, 0) is 25.5 Å². The molecule has 0 radical (unpaired) electrons. The third-order valence-electron chi connectivity index (χ3n) is 3.40. The molecule has 7 heteroatoms. The average molecular weight is 408 g/mol. The number of benzene rings is 2. The Balaban J connectivity index is 2.00. The van der Waals surface area contributed by atoms with Crippen molar-refractivity contribution in [3.8, 4) is 0 Å². The molecule has 0 aliphatic heterocycles. The largest absolute Gasteiger partial charge is 0.428 e. The maximum absolute atomic E-state index is 12.0. The first-order valence-electron chi connectivity index (χ1n) is 8.13. The fourth-order valence-electron chi connectivity index (χ4n) is 2.19. The molecule has 0 unspecified atom stereocenters. The average Bonchev–Trinajstić information content (AvgIpc) is 2.59. The number of carbonyl (C=O) groups is 2. The minimum absolute atomic E-state index is 0.00849. The van der Waals surface area contributed by atoms with E-state index in [0.29, 0.717) is 27.0 Å². The maximum atomic E-state index is 12.0. The fraction of sp³-hybridized carbons (Fsp3) is 0.200. The molecule has 0 amide bonds. The summed E-state index contributed by atoms with van der Waals surface area (Å²) >= 11 is 12.4. The number of hydrogen-bond acceptors (Lipinski definition) is 5. The summed E-state index contributed by atoms with van der Waals surface area (Å²) in [6, 6.07) is 12.4. The van der Waals surface area contributed by atoms with Crippen LogP contribution in [0.4, 0.5) is 11.4 Å². The van der Waals surface area contributed by atoms with Crippen LogP contribution in [0.15, 0.2) is 54.1 Å². The molecule has 0 heterocycles. The van der Waals surface area contributed by atoms with Gasteiger partial charge in [0.1, 0.15) is 0 Å². The summed E-state index contributed by atoms with van der Waals surface area (Å²) in [6.07, 6.45) is 1.31. The van der Waals surface area contributed by atoms with Gasteiger partial charge >= 0.3 is 11.9 Å². The summed E-state index contributed by atoms with van der Waals surface area (Å²) in [4.78, 5) is 23.4. The summed E-state index contributed by atoms with van der Waals surface area (Å²) in [7, 11) is 0. The number of anilines is 2. The van der Waals surface area contributed by atoms with Crippen molar-refractivity contribution in [2.45, 2.75) is 20.3 Å². The Bertz CT molecular complexity index is 841. The van der Waals surface area contributed by atoms with E-state index in [4.69, 9.17) is 32.7 Å². The van der Waals surface area contributed by atoms with Crippen LogP contribution in [-0.4, -0.2) is 18.7 Å². The fourth-order valence-corrected chi connectivity index (χ4v) is 2.68. The predicted molar refractivity (Wildman–Crippen MR) is 106 cm³/mol. The van der Waals surface area contributed by atoms with Gasteiger partial charge in [-0.1, -0.05) is 53.0 Å². The van der Waals surface area contributed by atoms with Crippen LogP contribution in [0.1, 0.15) is 19.4 Å². The van der Waals surface area contributed by atoms with E-state index in [2.05, 4.69) is 5.32 Å². The Morgan fingerprint density at radius 2 is 1.67 bits per heavy atom. The van der Waals surface area contributed by atoms with Gasteiger partial charge in [0.05, 0.1) is 22.2 Å². The molecule has 0 aliphatic carbocycles. The van der Waals surface area contributed by atoms with E-state index < -0.39 is 18.7 Å². The number of esters is 2. The minimum atomic E-state index is -0.557. The third kappa shape index (κ3) is 6.62. The minimum Gasteiger partial charge on any atom is -0.428 e. The van der Waals surface area contributed by atoms with Gasteiger partial charge in [-0.15, -0.1) is 0 Å². The van der Waals surface area contributed by atoms with Gasteiger partial charge in [-0.3, -0.25) is 4.79 Å². The van der Waals surface area contributed by atoms with Crippen LogP contribution in [0.3, 0.4) is 0 Å². The van der Waals surface area contributed by atoms with Crippen LogP contribution < -0.4 is 5.32 Å². The number of nitrogens with one attached hydrogen (secondary N) is 1. The second kappa shape index (κ2) is 10.00. The zero-order valence-corrected chi connectivity index (χ0v) is 16.4. The summed E-state index contributed by atoms with van der Waals surface area (Å²) in [5.74, 6) is -1.09. The van der Waals surface area contributed by atoms with E-state index in [-0.39, 0.29) is 6.42 Å². The molecule has 0 saturated heterocycles. The lowest BCUT2D eigenvalue weighted by Crippen LogP contribution is -2.14. The predicted octanol–water partition coefficient (Wildman–Crippen LogP) is 5.29. The van der Waals surface area contributed by atoms with E-state index in [1.807, 2.05) is 6.07 Å². The van der Waals surface area contributed by atoms with Crippen LogP contribution in [0.2, 0.25) is 10.0 Å². The highest BCUT2D eigenvalue weighted by Gasteiger charge is 2.12. The van der Waals surface area contributed by atoms with E-state index in [1.165, 1.54) is 6.08 Å². The van der Waals surface area contributed by atoms with Crippen LogP contribution in [0.25, 0.3) is 0 Å². The van der Waals surface area contributed by atoms with Crippen molar-refractivity contribution in [3.63, 3.8) is 0 Å². The first kappa shape index (κ1) is 20.8. The molecular formula is C20H19Cl2NO4. The maximum Gasteiger partial charge on any atom is 0.333 e. The molecule has 2 rings (SSSR count). The zero-order valence-electron chi connectivity index (χ0n) is 14.9. The number of hydrogen-bond donors (Lipinski definition) is 1. The van der Waals surface area contributed by atoms with Crippen molar-refractivity contribution in [2.75, 3.05) is 12.1 Å². The highest BCUT2D eigenvalue weighted by atomic mass is 35.5. The molecule has 0 bridgehead atoms. The summed E-state index contributed by atoms with van der Waals surface area (Å²) in [5.41, 5.74) is 2.71. The van der Waals surface area contributed by atoms with Crippen molar-refractivity contribution in [3.05, 3.63) is 69.7 Å². The molecule has 0 aliphatic rings. The third-order valence-corrected chi connectivity index (χ3v) is 4.03. The van der Waals surface area contributed by atoms with Gasteiger partial charge in [-0.25, -0.2) is 4.79 Å². The molecule has 5 nitrogen and oxygen atoms in total. The van der Waals surface area contributed by atoms with E-state index in [1.54, 1.807) is 50.2 Å². The van der Waals surface area contributed by atoms with Crippen molar-refractivity contribution >= 4 is 46.5 Å². The second-order valence-corrected chi connectivity index (χ2v) is 6.69. The monoisotopic (exact) mass is 407 g/mol. The summed E-state index contributed by atoms with van der Waals surface area (Å²) < 4.78 is 9.77. The lowest BCUT2D eigenvalue weighted by molar-refractivity contribution is -0.163. The normalized spacial score (nSPS) is 10.1. The lowest BCUT2D eigenvalue weighted by atomic mass is 10.1. The topological polar surface area (TPSA) is 64.6 Å². The van der Waals surface area contributed by atoms with E-state index >= 15 is 0 Å². The Labute approximate surface area is 167 Å². The first-order chi connectivity index (χ1) is 12.9. The molecule has 0 aromatic heterocycles. The SMILES string of the molecule is CC(C)=CC(=O)OCOC(=O)Cc1ccccc1Nc1c(Cl)cccc1Cl. The Morgan fingerprint density at radius 3 is 2.33 bits per heavy atom. The number of halogens is 2. The zero-order chi connectivity index (χ0) is 19.8. The lowest BCUT2D eigenvalue weighted by Gasteiger charge is -2.14. The van der Waals surface area contributed by atoms with Crippen molar-refractivity contribution in [1.29, 1.82) is 0 Å². The molecule has 27 heavy (non-hydrogen) atoms. The highest BCUT2D eigenvalue weighted by molar-refractivity contribution is 6.39. The molecule has 0 atom stereocenters. The Morgan fingerprint density at radius 1 is 1.00 bits per heavy atom. The number of ether oxygens (including phenoxy) is 2. The quantitative estimate of drug-likeness (QED) is 0.383. The van der Waals surface area contributed by atoms with Gasteiger partial charge in [0.15, 0.2) is 0 Å². The van der Waals surface area contributed by atoms with E-state index in [9.17, 15) is 9.59 Å². The van der Waals surface area contributed by atoms with Crippen LogP contribution in [0.5, 0.6) is 0 Å². The molecule has 1 N–H and O–H groups in total. The van der Waals surface area contributed by atoms with Crippen LogP contribution in [0, 0.1) is 0 Å².